The Kier molecular flexibility index (Phi) is 5.81. The predicted molar refractivity (Wildman–Crippen MR) is 91.2 cm³/mol. The molecule has 0 bridgehead atoms. The van der Waals surface area contributed by atoms with Crippen LogP contribution in [-0.4, -0.2) is 20.0 Å². The van der Waals surface area contributed by atoms with Crippen LogP contribution in [0.2, 0.25) is 0 Å². The zero-order valence-corrected chi connectivity index (χ0v) is 14.0. The van der Waals surface area contributed by atoms with Crippen molar-refractivity contribution < 1.29 is 14.2 Å². The largest absolute Gasteiger partial charge is 0.497 e. The molecule has 2 aromatic rings. The van der Waals surface area contributed by atoms with Crippen LogP contribution in [-0.2, 0) is 9.47 Å². The van der Waals surface area contributed by atoms with E-state index in [9.17, 15) is 0 Å². The lowest BCUT2D eigenvalue weighted by Gasteiger charge is -2.27. The van der Waals surface area contributed by atoms with Crippen LogP contribution in [0.1, 0.15) is 31.1 Å². The number of hydrogen-bond acceptors (Lipinski definition) is 3. The van der Waals surface area contributed by atoms with Gasteiger partial charge in [-0.25, -0.2) is 0 Å². The molecule has 0 amide bonds. The van der Waals surface area contributed by atoms with Crippen molar-refractivity contribution in [1.82, 2.24) is 0 Å². The molecule has 0 heterocycles. The van der Waals surface area contributed by atoms with Crippen LogP contribution in [0.15, 0.2) is 54.6 Å². The Morgan fingerprint density at radius 3 is 2.13 bits per heavy atom. The highest BCUT2D eigenvalue weighted by molar-refractivity contribution is 5.38. The second-order valence-corrected chi connectivity index (χ2v) is 5.51. The van der Waals surface area contributed by atoms with Crippen molar-refractivity contribution in [2.45, 2.75) is 25.7 Å². The van der Waals surface area contributed by atoms with Gasteiger partial charge in [0, 0.05) is 12.7 Å². The zero-order chi connectivity index (χ0) is 16.7. The summed E-state index contributed by atoms with van der Waals surface area (Å²) in [7, 11) is 3.27. The summed E-state index contributed by atoms with van der Waals surface area (Å²) in [4.78, 5) is 0. The molecule has 120 valence electrons. The molecule has 3 heteroatoms. The molecular formula is C20H22O3. The Bertz CT molecular complexity index is 664. The minimum absolute atomic E-state index is 0.393. The first-order valence-electron chi connectivity index (χ1n) is 7.47. The van der Waals surface area contributed by atoms with Crippen molar-refractivity contribution in [2.24, 2.45) is 0 Å². The van der Waals surface area contributed by atoms with Gasteiger partial charge in [0.25, 0.3) is 0 Å². The van der Waals surface area contributed by atoms with E-state index >= 15 is 0 Å². The Labute approximate surface area is 138 Å². The molecule has 0 spiro atoms. The van der Waals surface area contributed by atoms with Gasteiger partial charge in [0.2, 0.25) is 0 Å². The third-order valence-corrected chi connectivity index (χ3v) is 3.43. The van der Waals surface area contributed by atoms with E-state index in [2.05, 4.69) is 11.8 Å². The fourth-order valence-corrected chi connectivity index (χ4v) is 1.96. The van der Waals surface area contributed by atoms with E-state index in [0.717, 1.165) is 16.9 Å². The maximum absolute atomic E-state index is 6.03. The van der Waals surface area contributed by atoms with Crippen molar-refractivity contribution in [3.63, 3.8) is 0 Å². The maximum atomic E-state index is 6.03. The highest BCUT2D eigenvalue weighted by Crippen LogP contribution is 2.26. The third-order valence-electron chi connectivity index (χ3n) is 3.43. The van der Waals surface area contributed by atoms with Gasteiger partial charge in [-0.3, -0.25) is 0 Å². The van der Waals surface area contributed by atoms with Crippen molar-refractivity contribution in [1.29, 1.82) is 0 Å². The monoisotopic (exact) mass is 310 g/mol. The van der Waals surface area contributed by atoms with Crippen LogP contribution in [0.3, 0.4) is 0 Å². The predicted octanol–water partition coefficient (Wildman–Crippen LogP) is 4.19. The Hall–Kier alpha value is -2.28. The third kappa shape index (κ3) is 5.14. The number of benzene rings is 2. The lowest BCUT2D eigenvalue weighted by Crippen LogP contribution is -2.28. The summed E-state index contributed by atoms with van der Waals surface area (Å²) in [6.45, 7) is 3.74. The van der Waals surface area contributed by atoms with Crippen molar-refractivity contribution >= 4 is 0 Å². The first-order chi connectivity index (χ1) is 11.0. The van der Waals surface area contributed by atoms with Crippen molar-refractivity contribution in [3.05, 3.63) is 65.7 Å². The van der Waals surface area contributed by atoms with Crippen LogP contribution >= 0.6 is 0 Å². The summed E-state index contributed by atoms with van der Waals surface area (Å²) < 4.78 is 16.6. The molecule has 23 heavy (non-hydrogen) atoms. The van der Waals surface area contributed by atoms with Gasteiger partial charge in [0.1, 0.15) is 11.9 Å². The molecule has 0 radical (unpaired) electrons. The van der Waals surface area contributed by atoms with Gasteiger partial charge in [-0.2, -0.15) is 0 Å². The summed E-state index contributed by atoms with van der Waals surface area (Å²) in [5.41, 5.74) is 1.91. The summed E-state index contributed by atoms with van der Waals surface area (Å²) in [5.74, 6) is 6.42. The van der Waals surface area contributed by atoms with Crippen LogP contribution in [0.25, 0.3) is 0 Å². The van der Waals surface area contributed by atoms with E-state index in [0.29, 0.717) is 0 Å². The minimum Gasteiger partial charge on any atom is -0.497 e. The second-order valence-electron chi connectivity index (χ2n) is 5.51. The molecule has 0 aromatic heterocycles. The smallest absolute Gasteiger partial charge is 0.164 e. The van der Waals surface area contributed by atoms with Gasteiger partial charge < -0.3 is 14.2 Å². The average molecular weight is 310 g/mol. The average Bonchev–Trinajstić information content (AvgIpc) is 2.59. The fraction of sp³-hybridized carbons (Fsp3) is 0.300. The van der Waals surface area contributed by atoms with E-state index in [1.165, 1.54) is 0 Å². The lowest BCUT2D eigenvalue weighted by molar-refractivity contribution is -0.213. The molecule has 2 aromatic carbocycles. The Balaban J connectivity index is 2.29. The van der Waals surface area contributed by atoms with E-state index in [1.54, 1.807) is 14.2 Å². The number of hydrogen-bond donors (Lipinski definition) is 0. The molecule has 1 unspecified atom stereocenters. The molecule has 0 N–H and O–H groups in total. The zero-order valence-electron chi connectivity index (χ0n) is 14.0. The first kappa shape index (κ1) is 17.1. The molecule has 1 atom stereocenters. The molecule has 0 saturated heterocycles. The number of methoxy groups -OCH3 is 2. The highest BCUT2D eigenvalue weighted by atomic mass is 16.7. The minimum atomic E-state index is -0.726. The Morgan fingerprint density at radius 1 is 0.913 bits per heavy atom. The SMILES string of the molecule is COc1ccc(C(C#Cc2ccccc2)OC(C)(C)OC)cc1. The molecule has 2 rings (SSSR count). The van der Waals surface area contributed by atoms with E-state index in [-0.39, 0.29) is 0 Å². The topological polar surface area (TPSA) is 27.7 Å². The summed E-state index contributed by atoms with van der Waals surface area (Å²) in [5, 5.41) is 0. The lowest BCUT2D eigenvalue weighted by atomic mass is 10.1. The molecule has 0 saturated carbocycles. The van der Waals surface area contributed by atoms with Gasteiger partial charge in [0.15, 0.2) is 5.79 Å². The van der Waals surface area contributed by atoms with Gasteiger partial charge in [-0.15, -0.1) is 0 Å². The summed E-state index contributed by atoms with van der Waals surface area (Å²) in [6, 6.07) is 17.5. The summed E-state index contributed by atoms with van der Waals surface area (Å²) in [6.07, 6.45) is -0.393. The van der Waals surface area contributed by atoms with Crippen molar-refractivity contribution in [2.75, 3.05) is 14.2 Å². The van der Waals surface area contributed by atoms with Crippen molar-refractivity contribution in [3.8, 4) is 17.6 Å². The van der Waals surface area contributed by atoms with Crippen LogP contribution < -0.4 is 4.74 Å². The summed E-state index contributed by atoms with van der Waals surface area (Å²) >= 11 is 0. The van der Waals surface area contributed by atoms with E-state index in [4.69, 9.17) is 14.2 Å². The quantitative estimate of drug-likeness (QED) is 0.612. The van der Waals surface area contributed by atoms with Crippen LogP contribution in [0.4, 0.5) is 0 Å². The van der Waals surface area contributed by atoms with Crippen LogP contribution in [0, 0.1) is 11.8 Å². The number of rotatable bonds is 5. The normalized spacial score (nSPS) is 12.2. The van der Waals surface area contributed by atoms with E-state index in [1.807, 2.05) is 68.4 Å². The Morgan fingerprint density at radius 2 is 1.57 bits per heavy atom. The highest BCUT2D eigenvalue weighted by Gasteiger charge is 2.23. The molecule has 0 aliphatic carbocycles. The number of ether oxygens (including phenoxy) is 3. The molecule has 0 aliphatic heterocycles. The van der Waals surface area contributed by atoms with Crippen LogP contribution in [0.5, 0.6) is 5.75 Å². The molecular weight excluding hydrogens is 288 g/mol. The molecule has 0 aliphatic rings. The van der Waals surface area contributed by atoms with Gasteiger partial charge in [-0.1, -0.05) is 42.2 Å². The standard InChI is InChI=1S/C20H22O3/c1-20(2,22-4)23-19(15-10-16-8-6-5-7-9-16)17-11-13-18(21-3)14-12-17/h5-9,11-14,19H,1-4H3. The van der Waals surface area contributed by atoms with Gasteiger partial charge in [-0.05, 0) is 43.7 Å². The molecule has 0 fully saturated rings. The first-order valence-corrected chi connectivity index (χ1v) is 7.47. The fourth-order valence-electron chi connectivity index (χ4n) is 1.96. The van der Waals surface area contributed by atoms with Gasteiger partial charge >= 0.3 is 0 Å². The van der Waals surface area contributed by atoms with Gasteiger partial charge in [0.05, 0.1) is 7.11 Å². The maximum Gasteiger partial charge on any atom is 0.164 e. The van der Waals surface area contributed by atoms with E-state index < -0.39 is 11.9 Å². The second kappa shape index (κ2) is 7.82. The molecule has 3 nitrogen and oxygen atoms in total.